The van der Waals surface area contributed by atoms with E-state index < -0.39 is 0 Å². The minimum Gasteiger partial charge on any atom is -0.508 e. The Morgan fingerprint density at radius 1 is 1.17 bits per heavy atom. The van der Waals surface area contributed by atoms with Gasteiger partial charge in [0, 0.05) is 0 Å². The zero-order chi connectivity index (χ0) is 8.69. The molecule has 0 aliphatic carbocycles. The van der Waals surface area contributed by atoms with Crippen LogP contribution in [0, 0.1) is 6.92 Å². The van der Waals surface area contributed by atoms with Crippen molar-refractivity contribution in [2.75, 3.05) is 0 Å². The number of hydrogen-bond donors (Lipinski definition) is 1. The molecule has 0 aliphatic heterocycles. The zero-order valence-corrected chi connectivity index (χ0v) is 11.3. The first kappa shape index (κ1) is 15.1. The smallest absolute Gasteiger partial charge is 0.508 e. The third kappa shape index (κ3) is 6.20. The van der Waals surface area contributed by atoms with Gasteiger partial charge in [0.25, 0.3) is 0 Å². The molecule has 0 aliphatic rings. The maximum Gasteiger partial charge on any atom is 1.00 e. The van der Waals surface area contributed by atoms with Crippen molar-refractivity contribution in [1.82, 2.24) is 0 Å². The summed E-state index contributed by atoms with van der Waals surface area (Å²) in [4.78, 5) is 0. The van der Waals surface area contributed by atoms with Crippen LogP contribution in [0.1, 0.15) is 19.4 Å². The predicted molar refractivity (Wildman–Crippen MR) is 48.5 cm³/mol. The summed E-state index contributed by atoms with van der Waals surface area (Å²) in [5.41, 5.74) is 1.15. The Balaban J connectivity index is 0. The van der Waals surface area contributed by atoms with E-state index in [1.54, 1.807) is 12.1 Å². The van der Waals surface area contributed by atoms with Gasteiger partial charge in [-0.2, -0.15) is 6.42 Å². The van der Waals surface area contributed by atoms with Gasteiger partial charge < -0.3 is 12.0 Å². The minimum atomic E-state index is 0. The van der Waals surface area contributed by atoms with E-state index in [-0.39, 0.29) is 51.4 Å². The molecule has 1 rings (SSSR count). The Morgan fingerprint density at radius 2 is 1.58 bits per heavy atom. The minimum absolute atomic E-state index is 0. The molecule has 0 spiro atoms. The molecule has 0 unspecified atom stereocenters. The van der Waals surface area contributed by atoms with Gasteiger partial charge in [-0.3, -0.25) is 0 Å². The van der Waals surface area contributed by atoms with Crippen molar-refractivity contribution in [2.45, 2.75) is 20.3 Å². The average Bonchev–Trinajstić information content (AvgIpc) is 2.10. The second kappa shape index (κ2) is 9.74. The molecule has 0 amide bonds. The van der Waals surface area contributed by atoms with E-state index in [0.29, 0.717) is 5.75 Å². The summed E-state index contributed by atoms with van der Waals surface area (Å²) in [6, 6.07) is 7.06. The van der Waals surface area contributed by atoms with Crippen molar-refractivity contribution in [3.05, 3.63) is 36.8 Å². The van der Waals surface area contributed by atoms with Crippen molar-refractivity contribution in [1.29, 1.82) is 0 Å². The summed E-state index contributed by atoms with van der Waals surface area (Å²) in [6.45, 7) is 7.70. The number of phenols is 1. The predicted octanol–water partition coefficient (Wildman–Crippen LogP) is -0.201. The van der Waals surface area contributed by atoms with Crippen molar-refractivity contribution < 1.29 is 56.5 Å². The van der Waals surface area contributed by atoms with Crippen LogP contribution in [0.25, 0.3) is 0 Å². The summed E-state index contributed by atoms with van der Waals surface area (Å²) < 4.78 is 0. The van der Waals surface area contributed by atoms with Crippen LogP contribution in [0.15, 0.2) is 24.3 Å². The monoisotopic (exact) mass is 190 g/mol. The third-order valence-corrected chi connectivity index (χ3v) is 1.23. The van der Waals surface area contributed by atoms with Gasteiger partial charge in [-0.25, -0.2) is 0 Å². The van der Waals surface area contributed by atoms with Gasteiger partial charge in [0.15, 0.2) is 0 Å². The number of aromatic hydroxyl groups is 1. The molecule has 12 heavy (non-hydrogen) atoms. The van der Waals surface area contributed by atoms with Crippen LogP contribution in [-0.2, 0) is 6.42 Å². The van der Waals surface area contributed by atoms with Crippen LogP contribution in [0.5, 0.6) is 5.75 Å². The first-order valence-corrected chi connectivity index (χ1v) is 3.90. The molecular formula is C10H15KO. The molecule has 1 aromatic carbocycles. The summed E-state index contributed by atoms with van der Waals surface area (Å²) >= 11 is 0. The molecule has 0 radical (unpaired) electrons. The quantitative estimate of drug-likeness (QED) is 0.480. The van der Waals surface area contributed by atoms with E-state index in [2.05, 4.69) is 6.92 Å². The fourth-order valence-electron chi connectivity index (χ4n) is 0.663. The van der Waals surface area contributed by atoms with E-state index >= 15 is 0 Å². The first-order valence-electron chi connectivity index (χ1n) is 3.90. The third-order valence-electron chi connectivity index (χ3n) is 1.23. The molecule has 0 saturated heterocycles. The van der Waals surface area contributed by atoms with Gasteiger partial charge in [0.05, 0.1) is 0 Å². The molecule has 1 nitrogen and oxygen atoms in total. The molecule has 2 heteroatoms. The number of benzene rings is 1. The maximum absolute atomic E-state index is 8.83. The second-order valence-electron chi connectivity index (χ2n) is 1.92. The molecule has 0 atom stereocenters. The van der Waals surface area contributed by atoms with Crippen LogP contribution >= 0.6 is 0 Å². The average molecular weight is 190 g/mol. The molecule has 0 saturated carbocycles. The van der Waals surface area contributed by atoms with Crippen molar-refractivity contribution >= 4 is 0 Å². The maximum atomic E-state index is 8.83. The molecule has 0 heterocycles. The molecule has 1 aromatic rings. The van der Waals surface area contributed by atoms with Gasteiger partial charge in [0.2, 0.25) is 0 Å². The summed E-state index contributed by atoms with van der Waals surface area (Å²) in [5.74, 6) is 0.312. The number of hydrogen-bond acceptors (Lipinski definition) is 1. The largest absolute Gasteiger partial charge is 1.00 e. The topological polar surface area (TPSA) is 20.2 Å². The zero-order valence-electron chi connectivity index (χ0n) is 8.17. The number of phenolic OH excluding ortho intramolecular Hbond substituents is 1. The van der Waals surface area contributed by atoms with Crippen molar-refractivity contribution in [2.24, 2.45) is 0 Å². The molecule has 0 aromatic heterocycles. The van der Waals surface area contributed by atoms with Crippen LogP contribution in [0.3, 0.4) is 0 Å². The Kier molecular flexibility index (Phi) is 12.3. The first-order chi connectivity index (χ1) is 5.33. The van der Waals surface area contributed by atoms with Gasteiger partial charge >= 0.3 is 51.4 Å². The fraction of sp³-hybridized carbons (Fsp3) is 0.300. The standard InChI is InChI=1S/C8H9O.C2H6.K/c1-2-7-3-5-8(9)6-4-7;1-2;/h3-6,9H,1-2H2;1-2H3;/q-1;;+1. The molecule has 62 valence electrons. The molecule has 1 N–H and O–H groups in total. The van der Waals surface area contributed by atoms with Gasteiger partial charge in [-0.05, 0) is 12.1 Å². The van der Waals surface area contributed by atoms with Gasteiger partial charge in [-0.15, -0.1) is 0 Å². The Bertz CT molecular complexity index is 182. The van der Waals surface area contributed by atoms with Gasteiger partial charge in [-0.1, -0.05) is 31.5 Å². The van der Waals surface area contributed by atoms with Gasteiger partial charge in [0.1, 0.15) is 5.75 Å². The van der Waals surface area contributed by atoms with Crippen LogP contribution in [0.4, 0.5) is 0 Å². The second-order valence-corrected chi connectivity index (χ2v) is 1.92. The number of rotatable bonds is 1. The Hall–Kier alpha value is 0.656. The van der Waals surface area contributed by atoms with E-state index in [1.807, 2.05) is 26.0 Å². The summed E-state index contributed by atoms with van der Waals surface area (Å²) in [5, 5.41) is 8.83. The van der Waals surface area contributed by atoms with Crippen LogP contribution in [-0.4, -0.2) is 5.11 Å². The fourth-order valence-corrected chi connectivity index (χ4v) is 0.663. The SMILES string of the molecule is CC.[CH2-]Cc1ccc(O)cc1.[K+]. The van der Waals surface area contributed by atoms with E-state index in [9.17, 15) is 0 Å². The molecule has 0 fully saturated rings. The van der Waals surface area contributed by atoms with Crippen molar-refractivity contribution in [3.8, 4) is 5.75 Å². The normalized spacial score (nSPS) is 7.58. The van der Waals surface area contributed by atoms with Crippen LogP contribution < -0.4 is 51.4 Å². The van der Waals surface area contributed by atoms with E-state index in [0.717, 1.165) is 12.0 Å². The Morgan fingerprint density at radius 3 is 1.92 bits per heavy atom. The molecular weight excluding hydrogens is 175 g/mol. The Labute approximate surface area is 118 Å². The summed E-state index contributed by atoms with van der Waals surface area (Å²) in [7, 11) is 0. The van der Waals surface area contributed by atoms with E-state index in [4.69, 9.17) is 5.11 Å². The van der Waals surface area contributed by atoms with Crippen molar-refractivity contribution in [3.63, 3.8) is 0 Å². The van der Waals surface area contributed by atoms with E-state index in [1.165, 1.54) is 0 Å². The van der Waals surface area contributed by atoms with Crippen LogP contribution in [0.2, 0.25) is 0 Å². The molecule has 0 bridgehead atoms. The summed E-state index contributed by atoms with van der Waals surface area (Å²) in [6.07, 6.45) is 0.778.